The molecule has 0 radical (unpaired) electrons. The Bertz CT molecular complexity index is 555. The van der Waals surface area contributed by atoms with E-state index in [0.29, 0.717) is 13.2 Å². The van der Waals surface area contributed by atoms with Gasteiger partial charge in [-0.15, -0.1) is 0 Å². The molecule has 1 aromatic heterocycles. The van der Waals surface area contributed by atoms with Gasteiger partial charge in [0.25, 0.3) is 0 Å². The summed E-state index contributed by atoms with van der Waals surface area (Å²) in [5, 5.41) is 0. The highest BCUT2D eigenvalue weighted by atomic mass is 16.6. The van der Waals surface area contributed by atoms with E-state index in [2.05, 4.69) is 9.97 Å². The Hall–Kier alpha value is -2.10. The minimum atomic E-state index is 0.596. The SMILES string of the molecule is Cc1nccc(-c2ccc3c(c2)OCCO3)n1. The average Bonchev–Trinajstić information content (AvgIpc) is 2.38. The van der Waals surface area contributed by atoms with Crippen molar-refractivity contribution in [2.24, 2.45) is 0 Å². The third kappa shape index (κ3) is 1.93. The maximum atomic E-state index is 5.55. The predicted octanol–water partition coefficient (Wildman–Crippen LogP) is 2.22. The summed E-state index contributed by atoms with van der Waals surface area (Å²) in [5.41, 5.74) is 1.91. The third-order valence-electron chi connectivity index (χ3n) is 2.61. The van der Waals surface area contributed by atoms with E-state index >= 15 is 0 Å². The van der Waals surface area contributed by atoms with Crippen molar-refractivity contribution in [2.75, 3.05) is 13.2 Å². The van der Waals surface area contributed by atoms with Crippen LogP contribution in [0.2, 0.25) is 0 Å². The van der Waals surface area contributed by atoms with Crippen molar-refractivity contribution in [3.8, 4) is 22.8 Å². The molecule has 0 atom stereocenters. The van der Waals surface area contributed by atoms with Crippen LogP contribution in [0.3, 0.4) is 0 Å². The Balaban J connectivity index is 2.04. The number of hydrogen-bond acceptors (Lipinski definition) is 4. The largest absolute Gasteiger partial charge is 0.486 e. The quantitative estimate of drug-likeness (QED) is 0.750. The number of nitrogens with zero attached hydrogens (tertiary/aromatic N) is 2. The fraction of sp³-hybridized carbons (Fsp3) is 0.231. The van der Waals surface area contributed by atoms with Crippen molar-refractivity contribution in [1.29, 1.82) is 0 Å². The Morgan fingerprint density at radius 2 is 1.88 bits per heavy atom. The molecule has 0 saturated heterocycles. The van der Waals surface area contributed by atoms with Crippen molar-refractivity contribution in [1.82, 2.24) is 9.97 Å². The molecular weight excluding hydrogens is 216 g/mol. The molecule has 1 aliphatic heterocycles. The van der Waals surface area contributed by atoms with Gasteiger partial charge < -0.3 is 9.47 Å². The molecule has 0 aliphatic carbocycles. The van der Waals surface area contributed by atoms with Crippen molar-refractivity contribution < 1.29 is 9.47 Å². The van der Waals surface area contributed by atoms with Gasteiger partial charge in [-0.25, -0.2) is 9.97 Å². The van der Waals surface area contributed by atoms with E-state index in [4.69, 9.17) is 9.47 Å². The molecular formula is C13H12N2O2. The second kappa shape index (κ2) is 4.05. The van der Waals surface area contributed by atoms with Crippen LogP contribution >= 0.6 is 0 Å². The summed E-state index contributed by atoms with van der Waals surface area (Å²) in [5.74, 6) is 2.34. The molecule has 0 amide bonds. The number of rotatable bonds is 1. The topological polar surface area (TPSA) is 44.2 Å². The fourth-order valence-corrected chi connectivity index (χ4v) is 1.82. The number of aryl methyl sites for hydroxylation is 1. The first-order chi connectivity index (χ1) is 8.33. The van der Waals surface area contributed by atoms with Gasteiger partial charge >= 0.3 is 0 Å². The molecule has 1 aliphatic rings. The third-order valence-corrected chi connectivity index (χ3v) is 2.61. The van der Waals surface area contributed by atoms with Crippen LogP contribution in [-0.4, -0.2) is 23.2 Å². The summed E-state index contributed by atoms with van der Waals surface area (Å²) in [7, 11) is 0. The first-order valence-corrected chi connectivity index (χ1v) is 5.52. The second-order valence-corrected chi connectivity index (χ2v) is 3.85. The van der Waals surface area contributed by atoms with Gasteiger partial charge in [0.15, 0.2) is 11.5 Å². The van der Waals surface area contributed by atoms with Gasteiger partial charge in [-0.3, -0.25) is 0 Å². The molecule has 17 heavy (non-hydrogen) atoms. The van der Waals surface area contributed by atoms with Gasteiger partial charge in [0.1, 0.15) is 19.0 Å². The zero-order chi connectivity index (χ0) is 11.7. The molecule has 0 bridgehead atoms. The standard InChI is InChI=1S/C13H12N2O2/c1-9-14-5-4-11(15-9)10-2-3-12-13(8-10)17-7-6-16-12/h2-5,8H,6-7H2,1H3. The van der Waals surface area contributed by atoms with Gasteiger partial charge in [-0.05, 0) is 31.2 Å². The molecule has 3 rings (SSSR count). The zero-order valence-corrected chi connectivity index (χ0v) is 9.51. The molecule has 0 fully saturated rings. The Morgan fingerprint density at radius 1 is 1.06 bits per heavy atom. The smallest absolute Gasteiger partial charge is 0.162 e. The fourth-order valence-electron chi connectivity index (χ4n) is 1.82. The molecule has 1 aromatic carbocycles. The Labute approximate surface area is 99.2 Å². The van der Waals surface area contributed by atoms with Gasteiger partial charge in [0.2, 0.25) is 0 Å². The number of fused-ring (bicyclic) bond motifs is 1. The molecule has 4 heteroatoms. The highest BCUT2D eigenvalue weighted by molar-refractivity contribution is 5.63. The van der Waals surface area contributed by atoms with Crippen molar-refractivity contribution in [3.63, 3.8) is 0 Å². The van der Waals surface area contributed by atoms with Crippen molar-refractivity contribution >= 4 is 0 Å². The van der Waals surface area contributed by atoms with E-state index in [0.717, 1.165) is 28.6 Å². The van der Waals surface area contributed by atoms with Gasteiger partial charge in [0, 0.05) is 11.8 Å². The van der Waals surface area contributed by atoms with Crippen LogP contribution in [0.5, 0.6) is 11.5 Å². The number of aromatic nitrogens is 2. The van der Waals surface area contributed by atoms with Crippen LogP contribution in [-0.2, 0) is 0 Å². The first kappa shape index (κ1) is 10.1. The summed E-state index contributed by atoms with van der Waals surface area (Å²) < 4.78 is 11.0. The van der Waals surface area contributed by atoms with Crippen LogP contribution in [0.1, 0.15) is 5.82 Å². The lowest BCUT2D eigenvalue weighted by Crippen LogP contribution is -2.15. The number of ether oxygens (including phenoxy) is 2. The Kier molecular flexibility index (Phi) is 2.40. The Morgan fingerprint density at radius 3 is 2.71 bits per heavy atom. The van der Waals surface area contributed by atoms with Crippen LogP contribution in [0.4, 0.5) is 0 Å². The van der Waals surface area contributed by atoms with E-state index < -0.39 is 0 Å². The molecule has 2 aromatic rings. The summed E-state index contributed by atoms with van der Waals surface area (Å²) in [6.45, 7) is 3.08. The zero-order valence-electron chi connectivity index (χ0n) is 9.51. The molecule has 4 nitrogen and oxygen atoms in total. The molecule has 0 unspecified atom stereocenters. The lowest BCUT2D eigenvalue weighted by atomic mass is 10.1. The summed E-state index contributed by atoms with van der Waals surface area (Å²) in [6.07, 6.45) is 1.76. The normalized spacial score (nSPS) is 13.5. The van der Waals surface area contributed by atoms with Crippen LogP contribution < -0.4 is 9.47 Å². The minimum Gasteiger partial charge on any atom is -0.486 e. The van der Waals surface area contributed by atoms with Crippen molar-refractivity contribution in [3.05, 3.63) is 36.3 Å². The van der Waals surface area contributed by atoms with Crippen LogP contribution in [0.25, 0.3) is 11.3 Å². The lowest BCUT2D eigenvalue weighted by Gasteiger charge is -2.18. The van der Waals surface area contributed by atoms with E-state index in [1.165, 1.54) is 0 Å². The monoisotopic (exact) mass is 228 g/mol. The van der Waals surface area contributed by atoms with E-state index in [-0.39, 0.29) is 0 Å². The predicted molar refractivity (Wildman–Crippen MR) is 63.2 cm³/mol. The van der Waals surface area contributed by atoms with Gasteiger partial charge in [0.05, 0.1) is 5.69 Å². The van der Waals surface area contributed by atoms with E-state index in [1.807, 2.05) is 31.2 Å². The average molecular weight is 228 g/mol. The molecule has 0 spiro atoms. The molecule has 86 valence electrons. The van der Waals surface area contributed by atoms with Crippen LogP contribution in [0, 0.1) is 6.92 Å². The molecule has 0 saturated carbocycles. The minimum absolute atomic E-state index is 0.596. The highest BCUT2D eigenvalue weighted by Crippen LogP contribution is 2.33. The van der Waals surface area contributed by atoms with Crippen molar-refractivity contribution in [2.45, 2.75) is 6.92 Å². The number of hydrogen-bond donors (Lipinski definition) is 0. The van der Waals surface area contributed by atoms with E-state index in [1.54, 1.807) is 6.20 Å². The maximum absolute atomic E-state index is 5.55. The molecule has 2 heterocycles. The number of benzene rings is 1. The highest BCUT2D eigenvalue weighted by Gasteiger charge is 2.12. The van der Waals surface area contributed by atoms with Gasteiger partial charge in [-0.1, -0.05) is 0 Å². The summed E-state index contributed by atoms with van der Waals surface area (Å²) >= 11 is 0. The summed E-state index contributed by atoms with van der Waals surface area (Å²) in [6, 6.07) is 7.74. The molecule has 0 N–H and O–H groups in total. The van der Waals surface area contributed by atoms with E-state index in [9.17, 15) is 0 Å². The maximum Gasteiger partial charge on any atom is 0.162 e. The second-order valence-electron chi connectivity index (χ2n) is 3.85. The first-order valence-electron chi connectivity index (χ1n) is 5.52. The van der Waals surface area contributed by atoms with Gasteiger partial charge in [-0.2, -0.15) is 0 Å². The van der Waals surface area contributed by atoms with Crippen LogP contribution in [0.15, 0.2) is 30.5 Å². The summed E-state index contributed by atoms with van der Waals surface area (Å²) in [4.78, 5) is 8.47. The lowest BCUT2D eigenvalue weighted by molar-refractivity contribution is 0.171.